The van der Waals surface area contributed by atoms with Gasteiger partial charge < -0.3 is 5.11 Å². The van der Waals surface area contributed by atoms with Crippen molar-refractivity contribution in [3.63, 3.8) is 0 Å². The first-order chi connectivity index (χ1) is 9.16. The Hall–Kier alpha value is -0.710. The highest BCUT2D eigenvalue weighted by atomic mass is 79.9. The first kappa shape index (κ1) is 14.7. The number of Topliss-reactive ketones (excluding diaryl/α,β-unsaturated/α-hetero) is 1. The number of rotatable bonds is 5. The molecule has 0 bridgehead atoms. The van der Waals surface area contributed by atoms with Crippen molar-refractivity contribution < 1.29 is 9.90 Å². The molecule has 4 heteroatoms. The van der Waals surface area contributed by atoms with Gasteiger partial charge in [0, 0.05) is 6.54 Å². The van der Waals surface area contributed by atoms with Crippen LogP contribution in [0.3, 0.4) is 0 Å². The number of aliphatic hydroxyl groups is 1. The molecule has 104 valence electrons. The zero-order valence-corrected chi connectivity index (χ0v) is 12.6. The van der Waals surface area contributed by atoms with Gasteiger partial charge in [-0.2, -0.15) is 0 Å². The third-order valence-corrected chi connectivity index (χ3v) is 4.24. The quantitative estimate of drug-likeness (QED) is 0.845. The van der Waals surface area contributed by atoms with Gasteiger partial charge in [0.1, 0.15) is 0 Å². The number of nitrogens with zero attached hydrogens (tertiary/aromatic N) is 1. The summed E-state index contributed by atoms with van der Waals surface area (Å²) in [5.41, 5.74) is -0.715. The third-order valence-electron chi connectivity index (χ3n) is 3.74. The Morgan fingerprint density at radius 1 is 1.21 bits per heavy atom. The molecular formula is C15H20BrNO2. The van der Waals surface area contributed by atoms with Crippen LogP contribution >= 0.6 is 15.9 Å². The summed E-state index contributed by atoms with van der Waals surface area (Å²) >= 11 is 3.18. The smallest absolute Gasteiger partial charge is 0.180 e. The molecule has 0 amide bonds. The number of hydrogen-bond donors (Lipinski definition) is 1. The highest BCUT2D eigenvalue weighted by molar-refractivity contribution is 9.09. The molecule has 0 spiro atoms. The molecule has 0 saturated carbocycles. The van der Waals surface area contributed by atoms with E-state index in [9.17, 15) is 9.90 Å². The van der Waals surface area contributed by atoms with Crippen LogP contribution in [-0.4, -0.2) is 40.8 Å². The zero-order valence-electron chi connectivity index (χ0n) is 11.0. The van der Waals surface area contributed by atoms with E-state index in [2.05, 4.69) is 20.8 Å². The maximum absolute atomic E-state index is 12.2. The summed E-state index contributed by atoms with van der Waals surface area (Å²) in [6.07, 6.45) is 3.54. The van der Waals surface area contributed by atoms with E-state index < -0.39 is 5.60 Å². The van der Waals surface area contributed by atoms with Crippen LogP contribution in [0, 0.1) is 0 Å². The van der Waals surface area contributed by atoms with E-state index >= 15 is 0 Å². The normalized spacial score (nSPS) is 19.9. The number of carbonyl (C=O) groups excluding carboxylic acids is 1. The Labute approximate surface area is 122 Å². The molecule has 19 heavy (non-hydrogen) atoms. The lowest BCUT2D eigenvalue weighted by atomic mass is 9.89. The van der Waals surface area contributed by atoms with Gasteiger partial charge >= 0.3 is 0 Å². The van der Waals surface area contributed by atoms with E-state index in [0.29, 0.717) is 12.1 Å². The highest BCUT2D eigenvalue weighted by Crippen LogP contribution is 2.26. The van der Waals surface area contributed by atoms with Crippen LogP contribution in [0.15, 0.2) is 30.3 Å². The summed E-state index contributed by atoms with van der Waals surface area (Å²) in [5, 5.41) is 11.1. The van der Waals surface area contributed by atoms with E-state index in [-0.39, 0.29) is 11.1 Å². The van der Waals surface area contributed by atoms with Gasteiger partial charge in [-0.15, -0.1) is 0 Å². The van der Waals surface area contributed by atoms with E-state index in [4.69, 9.17) is 0 Å². The van der Waals surface area contributed by atoms with Crippen molar-refractivity contribution in [3.8, 4) is 0 Å². The molecule has 3 nitrogen and oxygen atoms in total. The minimum Gasteiger partial charge on any atom is -0.376 e. The number of β-amino-alcohol motifs (C(OH)–C–C–N with tert-alkyl or cyclic N) is 1. The van der Waals surface area contributed by atoms with Crippen molar-refractivity contribution >= 4 is 21.7 Å². The SMILES string of the molecule is O=C(CBr)C(O)(CN1CCCCC1)c1ccccc1. The van der Waals surface area contributed by atoms with Crippen LogP contribution in [0.25, 0.3) is 0 Å². The lowest BCUT2D eigenvalue weighted by molar-refractivity contribution is -0.138. The van der Waals surface area contributed by atoms with E-state index in [1.54, 1.807) is 0 Å². The van der Waals surface area contributed by atoms with Gasteiger partial charge in [0.25, 0.3) is 0 Å². The van der Waals surface area contributed by atoms with Crippen LogP contribution in [0.5, 0.6) is 0 Å². The standard InChI is InChI=1S/C15H20BrNO2/c16-11-14(18)15(19,13-7-3-1-4-8-13)12-17-9-5-2-6-10-17/h1,3-4,7-8,19H,2,5-6,9-12H2. The summed E-state index contributed by atoms with van der Waals surface area (Å²) < 4.78 is 0. The van der Waals surface area contributed by atoms with Crippen LogP contribution in [0.4, 0.5) is 0 Å². The molecule has 2 rings (SSSR count). The Balaban J connectivity index is 2.21. The summed E-state index contributed by atoms with van der Waals surface area (Å²) in [5.74, 6) is -0.177. The van der Waals surface area contributed by atoms with Gasteiger partial charge in [-0.25, -0.2) is 0 Å². The predicted molar refractivity (Wildman–Crippen MR) is 79.4 cm³/mol. The Morgan fingerprint density at radius 3 is 2.42 bits per heavy atom. The minimum absolute atomic E-state index is 0.173. The monoisotopic (exact) mass is 325 g/mol. The summed E-state index contributed by atoms with van der Waals surface area (Å²) in [6.45, 7) is 2.32. The molecule has 1 aliphatic rings. The Bertz CT molecular complexity index is 417. The lowest BCUT2D eigenvalue weighted by Gasteiger charge is -2.35. The minimum atomic E-state index is -1.40. The second-order valence-corrected chi connectivity index (χ2v) is 5.68. The van der Waals surface area contributed by atoms with Crippen molar-refractivity contribution in [1.29, 1.82) is 0 Å². The Kier molecular flexibility index (Phi) is 5.13. The molecule has 1 aromatic carbocycles. The Morgan fingerprint density at radius 2 is 1.84 bits per heavy atom. The van der Waals surface area contributed by atoms with Crippen LogP contribution in [0.2, 0.25) is 0 Å². The molecule has 1 N–H and O–H groups in total. The maximum Gasteiger partial charge on any atom is 0.180 e. The fourth-order valence-electron chi connectivity index (χ4n) is 2.61. The zero-order chi connectivity index (χ0) is 13.7. The van der Waals surface area contributed by atoms with Gasteiger partial charge in [0.05, 0.1) is 5.33 Å². The largest absolute Gasteiger partial charge is 0.376 e. The van der Waals surface area contributed by atoms with Crippen molar-refractivity contribution in [2.75, 3.05) is 25.0 Å². The number of likely N-dealkylation sites (tertiary alicyclic amines) is 1. The van der Waals surface area contributed by atoms with Crippen molar-refractivity contribution in [1.82, 2.24) is 4.90 Å². The number of ketones is 1. The predicted octanol–water partition coefficient (Wildman–Crippen LogP) is 2.32. The molecule has 0 aliphatic carbocycles. The fraction of sp³-hybridized carbons (Fsp3) is 0.533. The second-order valence-electron chi connectivity index (χ2n) is 5.12. The van der Waals surface area contributed by atoms with Gasteiger partial charge in [0.15, 0.2) is 11.4 Å². The molecule has 1 atom stereocenters. The van der Waals surface area contributed by atoms with Crippen LogP contribution < -0.4 is 0 Å². The van der Waals surface area contributed by atoms with Gasteiger partial charge in [-0.1, -0.05) is 52.7 Å². The number of hydrogen-bond acceptors (Lipinski definition) is 3. The third kappa shape index (κ3) is 3.44. The summed E-state index contributed by atoms with van der Waals surface area (Å²) in [6, 6.07) is 9.26. The lowest BCUT2D eigenvalue weighted by Crippen LogP contribution is -2.48. The molecule has 1 saturated heterocycles. The number of halogens is 1. The molecule has 1 fully saturated rings. The topological polar surface area (TPSA) is 40.5 Å². The van der Waals surface area contributed by atoms with E-state index in [1.807, 2.05) is 30.3 Å². The second kappa shape index (κ2) is 6.64. The van der Waals surface area contributed by atoms with Crippen LogP contribution in [0.1, 0.15) is 24.8 Å². The van der Waals surface area contributed by atoms with Gasteiger partial charge in [-0.3, -0.25) is 9.69 Å². The number of carbonyl (C=O) groups is 1. The van der Waals surface area contributed by atoms with Gasteiger partial charge in [0.2, 0.25) is 0 Å². The maximum atomic E-state index is 12.2. The van der Waals surface area contributed by atoms with Crippen molar-refractivity contribution in [2.24, 2.45) is 0 Å². The average Bonchev–Trinajstić information content (AvgIpc) is 2.48. The fourth-order valence-corrected chi connectivity index (χ4v) is 3.07. The molecule has 0 radical (unpaired) electrons. The summed E-state index contributed by atoms with van der Waals surface area (Å²) in [4.78, 5) is 14.4. The summed E-state index contributed by atoms with van der Waals surface area (Å²) in [7, 11) is 0. The number of alkyl halides is 1. The molecule has 1 heterocycles. The van der Waals surface area contributed by atoms with E-state index in [1.165, 1.54) is 6.42 Å². The average molecular weight is 326 g/mol. The van der Waals surface area contributed by atoms with Gasteiger partial charge in [-0.05, 0) is 31.5 Å². The van der Waals surface area contributed by atoms with Crippen molar-refractivity contribution in [2.45, 2.75) is 24.9 Å². The molecular weight excluding hydrogens is 306 g/mol. The molecule has 1 aromatic rings. The van der Waals surface area contributed by atoms with E-state index in [0.717, 1.165) is 25.9 Å². The molecule has 0 aromatic heterocycles. The molecule has 1 unspecified atom stereocenters. The van der Waals surface area contributed by atoms with Crippen molar-refractivity contribution in [3.05, 3.63) is 35.9 Å². The molecule has 1 aliphatic heterocycles. The number of piperidine rings is 1. The highest BCUT2D eigenvalue weighted by Gasteiger charge is 2.38. The first-order valence-electron chi connectivity index (χ1n) is 6.76. The number of benzene rings is 1. The van der Waals surface area contributed by atoms with Crippen LogP contribution in [-0.2, 0) is 10.4 Å². The first-order valence-corrected chi connectivity index (χ1v) is 7.88.